The number of pyridine rings is 1. The monoisotopic (exact) mass is 273 g/mol. The van der Waals surface area contributed by atoms with Crippen molar-refractivity contribution in [2.45, 2.75) is 45.7 Å². The molecule has 4 nitrogen and oxygen atoms in total. The lowest BCUT2D eigenvalue weighted by Crippen LogP contribution is -2.24. The van der Waals surface area contributed by atoms with Gasteiger partial charge in [-0.05, 0) is 31.5 Å². The van der Waals surface area contributed by atoms with Gasteiger partial charge in [-0.3, -0.25) is 9.88 Å². The first-order chi connectivity index (χ1) is 9.61. The standard InChI is InChI=1S/C16H23N3O/c1-5-16(14-8-6-7-9-17-14)19(4)11-13-10-15(12(2)3)18-20-13/h6-10,12,16H,5,11H2,1-4H3/t16-/m0/s1. The van der Waals surface area contributed by atoms with E-state index in [2.05, 4.69) is 48.9 Å². The van der Waals surface area contributed by atoms with E-state index in [0.29, 0.717) is 12.0 Å². The lowest BCUT2D eigenvalue weighted by Gasteiger charge is -2.25. The van der Waals surface area contributed by atoms with E-state index >= 15 is 0 Å². The van der Waals surface area contributed by atoms with Gasteiger partial charge < -0.3 is 4.52 Å². The molecule has 2 heterocycles. The molecule has 0 saturated heterocycles. The molecule has 0 radical (unpaired) electrons. The Kier molecular flexibility index (Phi) is 4.90. The van der Waals surface area contributed by atoms with E-state index in [1.165, 1.54) is 0 Å². The summed E-state index contributed by atoms with van der Waals surface area (Å²) in [5, 5.41) is 4.11. The van der Waals surface area contributed by atoms with Crippen molar-refractivity contribution in [3.05, 3.63) is 47.6 Å². The van der Waals surface area contributed by atoms with Crippen LogP contribution in [0.1, 0.15) is 56.3 Å². The van der Waals surface area contributed by atoms with Gasteiger partial charge in [0.2, 0.25) is 0 Å². The highest BCUT2D eigenvalue weighted by Crippen LogP contribution is 2.23. The first-order valence-corrected chi connectivity index (χ1v) is 7.18. The van der Waals surface area contributed by atoms with Crippen LogP contribution in [0, 0.1) is 0 Å². The van der Waals surface area contributed by atoms with Crippen LogP contribution in [0.15, 0.2) is 35.0 Å². The molecule has 0 aliphatic heterocycles. The highest BCUT2D eigenvalue weighted by molar-refractivity contribution is 5.11. The Morgan fingerprint density at radius 1 is 1.25 bits per heavy atom. The quantitative estimate of drug-likeness (QED) is 0.803. The number of aromatic nitrogens is 2. The fourth-order valence-corrected chi connectivity index (χ4v) is 2.35. The minimum Gasteiger partial charge on any atom is -0.360 e. The van der Waals surface area contributed by atoms with E-state index in [0.717, 1.165) is 30.1 Å². The van der Waals surface area contributed by atoms with Crippen molar-refractivity contribution >= 4 is 0 Å². The van der Waals surface area contributed by atoms with Gasteiger partial charge in [0.15, 0.2) is 5.76 Å². The summed E-state index contributed by atoms with van der Waals surface area (Å²) in [6.45, 7) is 7.16. The lowest BCUT2D eigenvalue weighted by molar-refractivity contribution is 0.200. The van der Waals surface area contributed by atoms with E-state index in [4.69, 9.17) is 4.52 Å². The molecular weight excluding hydrogens is 250 g/mol. The van der Waals surface area contributed by atoms with Gasteiger partial charge in [0, 0.05) is 12.3 Å². The van der Waals surface area contributed by atoms with Crippen LogP contribution in [0.3, 0.4) is 0 Å². The minimum absolute atomic E-state index is 0.295. The van der Waals surface area contributed by atoms with E-state index in [1.807, 2.05) is 24.4 Å². The summed E-state index contributed by atoms with van der Waals surface area (Å²) in [7, 11) is 2.10. The molecule has 0 unspecified atom stereocenters. The third-order valence-electron chi connectivity index (χ3n) is 3.52. The molecule has 0 bridgehead atoms. The van der Waals surface area contributed by atoms with Crippen LogP contribution < -0.4 is 0 Å². The molecular formula is C16H23N3O. The predicted molar refractivity (Wildman–Crippen MR) is 79.3 cm³/mol. The van der Waals surface area contributed by atoms with Crippen LogP contribution >= 0.6 is 0 Å². The van der Waals surface area contributed by atoms with Gasteiger partial charge in [-0.1, -0.05) is 32.0 Å². The van der Waals surface area contributed by atoms with Gasteiger partial charge in [0.25, 0.3) is 0 Å². The smallest absolute Gasteiger partial charge is 0.150 e. The van der Waals surface area contributed by atoms with E-state index in [1.54, 1.807) is 0 Å². The van der Waals surface area contributed by atoms with Crippen LogP contribution in [-0.4, -0.2) is 22.1 Å². The Morgan fingerprint density at radius 3 is 2.60 bits per heavy atom. The van der Waals surface area contributed by atoms with Crippen LogP contribution in [-0.2, 0) is 6.54 Å². The molecule has 0 N–H and O–H groups in total. The van der Waals surface area contributed by atoms with Crippen LogP contribution in [0.4, 0.5) is 0 Å². The number of hydrogen-bond acceptors (Lipinski definition) is 4. The van der Waals surface area contributed by atoms with Crippen molar-refractivity contribution < 1.29 is 4.52 Å². The van der Waals surface area contributed by atoms with Crippen molar-refractivity contribution in [3.63, 3.8) is 0 Å². The number of rotatable bonds is 6. The number of hydrogen-bond donors (Lipinski definition) is 0. The second-order valence-corrected chi connectivity index (χ2v) is 5.47. The summed E-state index contributed by atoms with van der Waals surface area (Å²) in [6.07, 6.45) is 2.86. The molecule has 0 fully saturated rings. The highest BCUT2D eigenvalue weighted by atomic mass is 16.5. The van der Waals surface area contributed by atoms with Gasteiger partial charge in [0.05, 0.1) is 24.0 Å². The van der Waals surface area contributed by atoms with Gasteiger partial charge in [-0.2, -0.15) is 0 Å². The molecule has 0 saturated carbocycles. The number of nitrogens with zero attached hydrogens (tertiary/aromatic N) is 3. The average molecular weight is 273 g/mol. The van der Waals surface area contributed by atoms with Crippen molar-refractivity contribution in [2.24, 2.45) is 0 Å². The maximum Gasteiger partial charge on any atom is 0.150 e. The van der Waals surface area contributed by atoms with Crippen LogP contribution in [0.5, 0.6) is 0 Å². The van der Waals surface area contributed by atoms with Gasteiger partial charge in [-0.25, -0.2) is 0 Å². The highest BCUT2D eigenvalue weighted by Gasteiger charge is 2.18. The summed E-state index contributed by atoms with van der Waals surface area (Å²) in [4.78, 5) is 6.72. The third kappa shape index (κ3) is 3.45. The summed E-state index contributed by atoms with van der Waals surface area (Å²) in [6, 6.07) is 8.40. The summed E-state index contributed by atoms with van der Waals surface area (Å²) in [5.74, 6) is 1.31. The Labute approximate surface area is 120 Å². The Bertz CT molecular complexity index is 522. The SMILES string of the molecule is CC[C@@H](c1ccccn1)N(C)Cc1cc(C(C)C)no1. The molecule has 0 aromatic carbocycles. The van der Waals surface area contributed by atoms with Gasteiger partial charge in [-0.15, -0.1) is 0 Å². The lowest BCUT2D eigenvalue weighted by atomic mass is 10.1. The molecule has 0 aliphatic carbocycles. The van der Waals surface area contributed by atoms with E-state index in [-0.39, 0.29) is 0 Å². The second-order valence-electron chi connectivity index (χ2n) is 5.47. The molecule has 4 heteroatoms. The van der Waals surface area contributed by atoms with Crippen molar-refractivity contribution in [2.75, 3.05) is 7.05 Å². The van der Waals surface area contributed by atoms with Crippen molar-refractivity contribution in [1.82, 2.24) is 15.0 Å². The third-order valence-corrected chi connectivity index (χ3v) is 3.52. The molecule has 2 aromatic heterocycles. The fraction of sp³-hybridized carbons (Fsp3) is 0.500. The zero-order valence-corrected chi connectivity index (χ0v) is 12.7. The fourth-order valence-electron chi connectivity index (χ4n) is 2.35. The van der Waals surface area contributed by atoms with Gasteiger partial charge in [0.1, 0.15) is 0 Å². The molecule has 0 amide bonds. The maximum absolute atomic E-state index is 5.42. The Morgan fingerprint density at radius 2 is 2.05 bits per heavy atom. The van der Waals surface area contributed by atoms with Crippen LogP contribution in [0.2, 0.25) is 0 Å². The molecule has 108 valence electrons. The largest absolute Gasteiger partial charge is 0.360 e. The second kappa shape index (κ2) is 6.66. The molecule has 1 atom stereocenters. The van der Waals surface area contributed by atoms with E-state index < -0.39 is 0 Å². The Hall–Kier alpha value is -1.68. The zero-order chi connectivity index (χ0) is 14.5. The topological polar surface area (TPSA) is 42.2 Å². The minimum atomic E-state index is 0.295. The normalized spacial score (nSPS) is 13.1. The van der Waals surface area contributed by atoms with Crippen molar-refractivity contribution in [3.8, 4) is 0 Å². The average Bonchev–Trinajstić information content (AvgIpc) is 2.89. The first-order valence-electron chi connectivity index (χ1n) is 7.18. The first kappa shape index (κ1) is 14.7. The Balaban J connectivity index is 2.07. The van der Waals surface area contributed by atoms with Crippen LogP contribution in [0.25, 0.3) is 0 Å². The molecule has 20 heavy (non-hydrogen) atoms. The van der Waals surface area contributed by atoms with E-state index in [9.17, 15) is 0 Å². The molecule has 0 aliphatic rings. The molecule has 0 spiro atoms. The van der Waals surface area contributed by atoms with Crippen molar-refractivity contribution in [1.29, 1.82) is 0 Å². The van der Waals surface area contributed by atoms with Gasteiger partial charge >= 0.3 is 0 Å². The zero-order valence-electron chi connectivity index (χ0n) is 12.7. The maximum atomic E-state index is 5.42. The predicted octanol–water partition coefficient (Wildman–Crippen LogP) is 3.78. The summed E-state index contributed by atoms with van der Waals surface area (Å²) >= 11 is 0. The molecule has 2 rings (SSSR count). The summed E-state index contributed by atoms with van der Waals surface area (Å²) in [5.41, 5.74) is 2.11. The summed E-state index contributed by atoms with van der Waals surface area (Å²) < 4.78 is 5.42. The molecule has 2 aromatic rings.